The maximum Gasteiger partial charge on any atom is 0.333 e. The van der Waals surface area contributed by atoms with Gasteiger partial charge in [-0.25, -0.2) is 4.79 Å². The molecule has 0 aromatic heterocycles. The van der Waals surface area contributed by atoms with Gasteiger partial charge in [-0.1, -0.05) is 6.58 Å². The van der Waals surface area contributed by atoms with Crippen LogP contribution >= 0.6 is 0 Å². The minimum absolute atomic E-state index is 0.127. The highest BCUT2D eigenvalue weighted by atomic mass is 16.5. The summed E-state index contributed by atoms with van der Waals surface area (Å²) in [6, 6.07) is 0. The molecule has 4 atom stereocenters. The fourth-order valence-corrected chi connectivity index (χ4v) is 0.946. The summed E-state index contributed by atoms with van der Waals surface area (Å²) in [5.74, 6) is -0.742. The number of aliphatic hydroxyl groups is 5. The largest absolute Gasteiger partial charge is 0.459 e. The molecular formula is C10H18O7. The number of hydrogen-bond donors (Lipinski definition) is 5. The Morgan fingerprint density at radius 1 is 1.18 bits per heavy atom. The standard InChI is InChI=1S/C10H18O7/c1-5(2)10(16)17-4-7(13)9(15)8(14)6(12)3-11/h6-9,11-15H,1,3-4H2,2H3/t6-,7+,8+,9-/m1/s1. The Bertz CT molecular complexity index is 265. The minimum atomic E-state index is -1.74. The van der Waals surface area contributed by atoms with Gasteiger partial charge in [0.25, 0.3) is 0 Å². The van der Waals surface area contributed by atoms with Crippen molar-refractivity contribution < 1.29 is 35.1 Å². The van der Waals surface area contributed by atoms with E-state index in [1.54, 1.807) is 0 Å². The maximum absolute atomic E-state index is 11.0. The molecule has 7 heteroatoms. The SMILES string of the molecule is C=C(C)C(=O)OC[C@H](O)[C@@H](O)[C@@H](O)[C@H](O)CO. The summed E-state index contributed by atoms with van der Waals surface area (Å²) >= 11 is 0. The number of carbonyl (C=O) groups is 1. The van der Waals surface area contributed by atoms with Gasteiger partial charge in [0.05, 0.1) is 6.61 Å². The van der Waals surface area contributed by atoms with Crippen LogP contribution in [0.1, 0.15) is 6.92 Å². The molecule has 0 heterocycles. The Labute approximate surface area is 98.6 Å². The lowest BCUT2D eigenvalue weighted by Crippen LogP contribution is -2.47. The van der Waals surface area contributed by atoms with Gasteiger partial charge in [-0.15, -0.1) is 0 Å². The van der Waals surface area contributed by atoms with Gasteiger partial charge in [-0.05, 0) is 6.92 Å². The summed E-state index contributed by atoms with van der Waals surface area (Å²) in [5.41, 5.74) is 0.127. The van der Waals surface area contributed by atoms with Crippen LogP contribution in [0.4, 0.5) is 0 Å². The fraction of sp³-hybridized carbons (Fsp3) is 0.700. The molecule has 0 unspecified atom stereocenters. The second-order valence-corrected chi connectivity index (χ2v) is 3.68. The highest BCUT2D eigenvalue weighted by molar-refractivity contribution is 5.86. The van der Waals surface area contributed by atoms with Crippen molar-refractivity contribution in [3.05, 3.63) is 12.2 Å². The van der Waals surface area contributed by atoms with E-state index in [2.05, 4.69) is 11.3 Å². The zero-order chi connectivity index (χ0) is 13.6. The lowest BCUT2D eigenvalue weighted by atomic mass is 10.0. The average Bonchev–Trinajstić information content (AvgIpc) is 2.32. The van der Waals surface area contributed by atoms with Crippen molar-refractivity contribution in [1.82, 2.24) is 0 Å². The van der Waals surface area contributed by atoms with E-state index in [1.165, 1.54) is 6.92 Å². The summed E-state index contributed by atoms with van der Waals surface area (Å²) in [6.45, 7) is 3.40. The summed E-state index contributed by atoms with van der Waals surface area (Å²) in [6.07, 6.45) is -6.64. The molecule has 100 valence electrons. The quantitative estimate of drug-likeness (QED) is 0.250. The van der Waals surface area contributed by atoms with Gasteiger partial charge in [-0.2, -0.15) is 0 Å². The van der Waals surface area contributed by atoms with Crippen molar-refractivity contribution in [2.24, 2.45) is 0 Å². The molecular weight excluding hydrogens is 232 g/mol. The van der Waals surface area contributed by atoms with Gasteiger partial charge in [0.1, 0.15) is 31.0 Å². The Morgan fingerprint density at radius 3 is 2.06 bits per heavy atom. The van der Waals surface area contributed by atoms with Crippen molar-refractivity contribution in [1.29, 1.82) is 0 Å². The molecule has 0 aromatic carbocycles. The molecule has 0 aromatic rings. The van der Waals surface area contributed by atoms with E-state index in [9.17, 15) is 20.1 Å². The van der Waals surface area contributed by atoms with E-state index in [0.29, 0.717) is 0 Å². The summed E-state index contributed by atoms with van der Waals surface area (Å²) < 4.78 is 4.55. The monoisotopic (exact) mass is 250 g/mol. The maximum atomic E-state index is 11.0. The third-order valence-electron chi connectivity index (χ3n) is 2.06. The van der Waals surface area contributed by atoms with Crippen LogP contribution in [0.2, 0.25) is 0 Å². The molecule has 0 radical (unpaired) electrons. The minimum Gasteiger partial charge on any atom is -0.459 e. The van der Waals surface area contributed by atoms with Crippen molar-refractivity contribution >= 4 is 5.97 Å². The normalized spacial score (nSPS) is 18.0. The van der Waals surface area contributed by atoms with Crippen LogP contribution in [0.25, 0.3) is 0 Å². The lowest BCUT2D eigenvalue weighted by Gasteiger charge is -2.25. The molecule has 0 aliphatic carbocycles. The lowest BCUT2D eigenvalue weighted by molar-refractivity contribution is -0.152. The third kappa shape index (κ3) is 5.24. The van der Waals surface area contributed by atoms with Crippen molar-refractivity contribution in [2.75, 3.05) is 13.2 Å². The predicted octanol–water partition coefficient (Wildman–Crippen LogP) is -2.46. The molecule has 0 bridgehead atoms. The zero-order valence-corrected chi connectivity index (χ0v) is 9.48. The molecule has 0 rings (SSSR count). The van der Waals surface area contributed by atoms with Gasteiger partial charge in [0.2, 0.25) is 0 Å². The van der Waals surface area contributed by atoms with Crippen LogP contribution < -0.4 is 0 Å². The molecule has 5 N–H and O–H groups in total. The van der Waals surface area contributed by atoms with Crippen molar-refractivity contribution in [3.8, 4) is 0 Å². The van der Waals surface area contributed by atoms with Crippen LogP contribution in [0.3, 0.4) is 0 Å². The second kappa shape index (κ2) is 7.36. The van der Waals surface area contributed by atoms with Crippen LogP contribution in [0, 0.1) is 0 Å². The average molecular weight is 250 g/mol. The van der Waals surface area contributed by atoms with Crippen LogP contribution in [-0.4, -0.2) is 69.1 Å². The molecule has 7 nitrogen and oxygen atoms in total. The predicted molar refractivity (Wildman–Crippen MR) is 56.9 cm³/mol. The van der Waals surface area contributed by atoms with E-state index in [-0.39, 0.29) is 5.57 Å². The Balaban J connectivity index is 4.18. The summed E-state index contributed by atoms with van der Waals surface area (Å²) in [4.78, 5) is 11.0. The molecule has 0 fully saturated rings. The zero-order valence-electron chi connectivity index (χ0n) is 9.48. The molecule has 0 amide bonds. The first-order valence-electron chi connectivity index (χ1n) is 4.97. The molecule has 0 saturated carbocycles. The molecule has 17 heavy (non-hydrogen) atoms. The summed E-state index contributed by atoms with van der Waals surface area (Å²) in [5, 5.41) is 45.5. The van der Waals surface area contributed by atoms with Gasteiger partial charge in [0, 0.05) is 5.57 Å². The Kier molecular flexibility index (Phi) is 6.93. The molecule has 0 spiro atoms. The van der Waals surface area contributed by atoms with E-state index in [4.69, 9.17) is 10.2 Å². The van der Waals surface area contributed by atoms with Crippen LogP contribution in [-0.2, 0) is 9.53 Å². The second-order valence-electron chi connectivity index (χ2n) is 3.68. The van der Waals surface area contributed by atoms with Gasteiger partial charge in [0.15, 0.2) is 0 Å². The topological polar surface area (TPSA) is 127 Å². The Morgan fingerprint density at radius 2 is 1.65 bits per heavy atom. The third-order valence-corrected chi connectivity index (χ3v) is 2.06. The highest BCUT2D eigenvalue weighted by Gasteiger charge is 2.30. The highest BCUT2D eigenvalue weighted by Crippen LogP contribution is 2.06. The van der Waals surface area contributed by atoms with E-state index < -0.39 is 43.6 Å². The van der Waals surface area contributed by atoms with E-state index in [0.717, 1.165) is 0 Å². The van der Waals surface area contributed by atoms with Gasteiger partial charge in [-0.3, -0.25) is 0 Å². The van der Waals surface area contributed by atoms with Crippen molar-refractivity contribution in [3.63, 3.8) is 0 Å². The number of aliphatic hydroxyl groups excluding tert-OH is 5. The number of esters is 1. The first kappa shape index (κ1) is 16.0. The van der Waals surface area contributed by atoms with E-state index >= 15 is 0 Å². The first-order valence-corrected chi connectivity index (χ1v) is 4.97. The first-order chi connectivity index (χ1) is 7.81. The van der Waals surface area contributed by atoms with Gasteiger partial charge < -0.3 is 30.3 Å². The Hall–Kier alpha value is -0.990. The van der Waals surface area contributed by atoms with Crippen LogP contribution in [0.5, 0.6) is 0 Å². The fourth-order valence-electron chi connectivity index (χ4n) is 0.946. The van der Waals surface area contributed by atoms with Gasteiger partial charge >= 0.3 is 5.97 Å². The number of carbonyl (C=O) groups excluding carboxylic acids is 1. The number of rotatable bonds is 7. The van der Waals surface area contributed by atoms with Crippen LogP contribution in [0.15, 0.2) is 12.2 Å². The summed E-state index contributed by atoms with van der Waals surface area (Å²) in [7, 11) is 0. The van der Waals surface area contributed by atoms with E-state index in [1.807, 2.05) is 0 Å². The number of ether oxygens (including phenoxy) is 1. The van der Waals surface area contributed by atoms with Crippen molar-refractivity contribution in [2.45, 2.75) is 31.3 Å². The smallest absolute Gasteiger partial charge is 0.333 e. The number of hydrogen-bond acceptors (Lipinski definition) is 7. The molecule has 0 aliphatic rings. The molecule has 0 saturated heterocycles. The molecule has 0 aliphatic heterocycles.